The summed E-state index contributed by atoms with van der Waals surface area (Å²) in [6, 6.07) is 3.44. The number of piperazine rings is 1. The standard InChI is InChI=1S/C21H22N2O5/c1-11-17(27-10-18(24)23-9-12-8-16(23)20(25)22-12)7-6-14-13-4-2-3-5-15(13)21(26)28-19(11)14/h6-7,12,16H,2-5,8-10H2,1H3,(H,22,25)/t12-,16-/m0/s1. The van der Waals surface area contributed by atoms with Crippen LogP contribution in [0.2, 0.25) is 0 Å². The first kappa shape index (κ1) is 17.3. The first-order valence-corrected chi connectivity index (χ1v) is 9.83. The number of benzene rings is 1. The lowest BCUT2D eigenvalue weighted by Gasteiger charge is -2.26. The predicted octanol–water partition coefficient (Wildman–Crippen LogP) is 1.46. The lowest BCUT2D eigenvalue weighted by molar-refractivity contribution is -0.141. The fourth-order valence-corrected chi connectivity index (χ4v) is 4.77. The smallest absolute Gasteiger partial charge is 0.339 e. The summed E-state index contributed by atoms with van der Waals surface area (Å²) >= 11 is 0. The molecule has 1 aromatic carbocycles. The Labute approximate surface area is 161 Å². The number of aryl methyl sites for hydroxylation is 2. The Morgan fingerprint density at radius 1 is 1.25 bits per heavy atom. The van der Waals surface area contributed by atoms with E-state index in [1.54, 1.807) is 4.90 Å². The van der Waals surface area contributed by atoms with Crippen LogP contribution in [0.25, 0.3) is 11.0 Å². The molecule has 7 nitrogen and oxygen atoms in total. The van der Waals surface area contributed by atoms with Crippen molar-refractivity contribution in [1.82, 2.24) is 10.2 Å². The number of hydrogen-bond donors (Lipinski definition) is 1. The van der Waals surface area contributed by atoms with Crippen molar-refractivity contribution in [3.8, 4) is 5.75 Å². The third kappa shape index (κ3) is 2.60. The zero-order valence-corrected chi connectivity index (χ0v) is 15.7. The molecular weight excluding hydrogens is 360 g/mol. The van der Waals surface area contributed by atoms with E-state index < -0.39 is 0 Å². The first-order valence-electron chi connectivity index (χ1n) is 9.83. The molecule has 1 aromatic heterocycles. The van der Waals surface area contributed by atoms with E-state index in [0.29, 0.717) is 24.3 Å². The molecule has 2 atom stereocenters. The van der Waals surface area contributed by atoms with Crippen LogP contribution in [0, 0.1) is 6.92 Å². The monoisotopic (exact) mass is 382 g/mol. The number of nitrogens with zero attached hydrogens (tertiary/aromatic N) is 1. The quantitative estimate of drug-likeness (QED) is 0.812. The molecule has 2 fully saturated rings. The van der Waals surface area contributed by atoms with Crippen LogP contribution in [-0.4, -0.2) is 41.9 Å². The van der Waals surface area contributed by atoms with Crippen LogP contribution in [0.15, 0.2) is 21.3 Å². The molecule has 0 radical (unpaired) electrons. The van der Waals surface area contributed by atoms with Crippen molar-refractivity contribution < 1.29 is 18.7 Å². The van der Waals surface area contributed by atoms with Gasteiger partial charge in [-0.1, -0.05) is 0 Å². The van der Waals surface area contributed by atoms with Gasteiger partial charge in [-0.3, -0.25) is 9.59 Å². The summed E-state index contributed by atoms with van der Waals surface area (Å²) in [6.45, 7) is 2.24. The first-order chi connectivity index (χ1) is 13.5. The molecule has 1 aliphatic carbocycles. The summed E-state index contributed by atoms with van der Waals surface area (Å²) in [4.78, 5) is 38.3. The molecule has 3 heterocycles. The molecule has 28 heavy (non-hydrogen) atoms. The van der Waals surface area contributed by atoms with E-state index in [0.717, 1.165) is 47.8 Å². The Morgan fingerprint density at radius 2 is 2.04 bits per heavy atom. The Bertz CT molecular complexity index is 1060. The average Bonchev–Trinajstić information content (AvgIpc) is 3.28. The Morgan fingerprint density at radius 3 is 2.79 bits per heavy atom. The van der Waals surface area contributed by atoms with E-state index in [4.69, 9.17) is 9.15 Å². The van der Waals surface area contributed by atoms with E-state index in [1.165, 1.54) is 0 Å². The van der Waals surface area contributed by atoms with E-state index in [1.807, 2.05) is 19.1 Å². The minimum atomic E-state index is -0.372. The number of amides is 2. The third-order valence-corrected chi connectivity index (χ3v) is 6.21. The molecular formula is C21H22N2O5. The number of carbonyl (C=O) groups is 2. The van der Waals surface area contributed by atoms with E-state index in [9.17, 15) is 14.4 Å². The summed E-state index contributed by atoms with van der Waals surface area (Å²) < 4.78 is 11.4. The Hall–Kier alpha value is -2.83. The SMILES string of the molecule is Cc1c(OCC(=O)N2C[C@@H]3C[C@H]2C(=O)N3)ccc2c3c(c(=O)oc12)CCCC3. The van der Waals surface area contributed by atoms with Crippen molar-refractivity contribution in [1.29, 1.82) is 0 Å². The van der Waals surface area contributed by atoms with Gasteiger partial charge in [-0.15, -0.1) is 0 Å². The molecule has 1 N–H and O–H groups in total. The Kier molecular flexibility index (Phi) is 3.92. The van der Waals surface area contributed by atoms with Crippen molar-refractivity contribution >= 4 is 22.8 Å². The largest absolute Gasteiger partial charge is 0.483 e. The fraction of sp³-hybridized carbons (Fsp3) is 0.476. The maximum atomic E-state index is 12.5. The van der Waals surface area contributed by atoms with Gasteiger partial charge in [0.2, 0.25) is 5.91 Å². The maximum Gasteiger partial charge on any atom is 0.339 e. The van der Waals surface area contributed by atoms with Crippen LogP contribution in [0.4, 0.5) is 0 Å². The van der Waals surface area contributed by atoms with Gasteiger partial charge >= 0.3 is 5.63 Å². The van der Waals surface area contributed by atoms with E-state index >= 15 is 0 Å². The highest BCUT2D eigenvalue weighted by molar-refractivity contribution is 5.92. The third-order valence-electron chi connectivity index (χ3n) is 6.21. The molecule has 3 aliphatic rings. The van der Waals surface area contributed by atoms with Gasteiger partial charge in [0.25, 0.3) is 5.91 Å². The van der Waals surface area contributed by atoms with Crippen LogP contribution in [0.1, 0.15) is 36.0 Å². The Balaban J connectivity index is 1.39. The number of nitrogens with one attached hydrogen (secondary N) is 1. The van der Waals surface area contributed by atoms with Gasteiger partial charge in [0.05, 0.1) is 0 Å². The van der Waals surface area contributed by atoms with Crippen LogP contribution in [-0.2, 0) is 22.4 Å². The predicted molar refractivity (Wildman–Crippen MR) is 101 cm³/mol. The number of ether oxygens (including phenoxy) is 1. The molecule has 146 valence electrons. The van der Waals surface area contributed by atoms with Crippen LogP contribution >= 0.6 is 0 Å². The van der Waals surface area contributed by atoms with Gasteiger partial charge in [0.1, 0.15) is 17.4 Å². The minimum absolute atomic E-state index is 0.0595. The van der Waals surface area contributed by atoms with Gasteiger partial charge in [-0.05, 0) is 56.7 Å². The molecule has 2 amide bonds. The van der Waals surface area contributed by atoms with Gasteiger partial charge in [-0.25, -0.2) is 4.79 Å². The van der Waals surface area contributed by atoms with Crippen LogP contribution in [0.5, 0.6) is 5.75 Å². The summed E-state index contributed by atoms with van der Waals surface area (Å²) in [7, 11) is 0. The van der Waals surface area contributed by atoms with Crippen LogP contribution < -0.4 is 15.7 Å². The molecule has 2 bridgehead atoms. The molecule has 0 saturated carbocycles. The zero-order valence-electron chi connectivity index (χ0n) is 15.7. The van der Waals surface area contributed by atoms with Crippen molar-refractivity contribution in [3.05, 3.63) is 39.2 Å². The highest BCUT2D eigenvalue weighted by Gasteiger charge is 2.46. The second-order valence-corrected chi connectivity index (χ2v) is 7.91. The summed E-state index contributed by atoms with van der Waals surface area (Å²) in [5.41, 5.74) is 2.87. The lowest BCUT2D eigenvalue weighted by atomic mass is 9.90. The second-order valence-electron chi connectivity index (χ2n) is 7.91. The van der Waals surface area contributed by atoms with E-state index in [-0.39, 0.29) is 36.1 Å². The van der Waals surface area contributed by atoms with Gasteiger partial charge in [-0.2, -0.15) is 0 Å². The topological polar surface area (TPSA) is 88.9 Å². The summed E-state index contributed by atoms with van der Waals surface area (Å²) in [5, 5.41) is 3.81. The maximum absolute atomic E-state index is 12.5. The van der Waals surface area contributed by atoms with Crippen molar-refractivity contribution in [3.63, 3.8) is 0 Å². The number of likely N-dealkylation sites (tertiary alicyclic amines) is 1. The molecule has 2 aromatic rings. The number of carbonyl (C=O) groups excluding carboxylic acids is 2. The van der Waals surface area contributed by atoms with Gasteiger partial charge < -0.3 is 19.4 Å². The molecule has 7 heteroatoms. The van der Waals surface area contributed by atoms with Gasteiger partial charge in [0, 0.05) is 29.1 Å². The molecule has 2 saturated heterocycles. The molecule has 2 aliphatic heterocycles. The summed E-state index contributed by atoms with van der Waals surface area (Å²) in [5.74, 6) is 0.236. The fourth-order valence-electron chi connectivity index (χ4n) is 4.77. The highest BCUT2D eigenvalue weighted by atomic mass is 16.5. The van der Waals surface area contributed by atoms with Crippen LogP contribution in [0.3, 0.4) is 0 Å². The summed E-state index contributed by atoms with van der Waals surface area (Å²) in [6.07, 6.45) is 4.42. The molecule has 0 spiro atoms. The normalized spacial score (nSPS) is 23.0. The number of rotatable bonds is 3. The molecule has 0 unspecified atom stereocenters. The van der Waals surface area contributed by atoms with Crippen molar-refractivity contribution in [2.45, 2.75) is 51.1 Å². The zero-order chi connectivity index (χ0) is 19.4. The lowest BCUT2D eigenvalue weighted by Crippen LogP contribution is -2.51. The van der Waals surface area contributed by atoms with Gasteiger partial charge in [0.15, 0.2) is 6.61 Å². The average molecular weight is 382 g/mol. The number of hydrogen-bond acceptors (Lipinski definition) is 5. The minimum Gasteiger partial charge on any atom is -0.483 e. The second kappa shape index (κ2) is 6.36. The highest BCUT2D eigenvalue weighted by Crippen LogP contribution is 2.32. The number of fused-ring (bicyclic) bond motifs is 5. The van der Waals surface area contributed by atoms with Crippen molar-refractivity contribution in [2.75, 3.05) is 13.2 Å². The molecule has 5 rings (SSSR count). The van der Waals surface area contributed by atoms with Crippen molar-refractivity contribution in [2.24, 2.45) is 0 Å². The van der Waals surface area contributed by atoms with E-state index in [2.05, 4.69) is 5.32 Å².